The molecule has 0 aromatic heterocycles. The minimum absolute atomic E-state index is 0.646. The van der Waals surface area contributed by atoms with E-state index in [4.69, 9.17) is 4.74 Å². The van der Waals surface area contributed by atoms with Crippen LogP contribution in [0.15, 0.2) is 42.5 Å². The van der Waals surface area contributed by atoms with Crippen LogP contribution in [0.3, 0.4) is 0 Å². The highest BCUT2D eigenvalue weighted by molar-refractivity contribution is 5.74. The zero-order valence-corrected chi connectivity index (χ0v) is 14.2. The van der Waals surface area contributed by atoms with Gasteiger partial charge >= 0.3 is 0 Å². The van der Waals surface area contributed by atoms with Crippen LogP contribution in [0.2, 0.25) is 0 Å². The lowest BCUT2D eigenvalue weighted by atomic mass is 10.1. The fourth-order valence-corrected chi connectivity index (χ4v) is 2.37. The zero-order chi connectivity index (χ0) is 16.8. The van der Waals surface area contributed by atoms with Gasteiger partial charge in [0.25, 0.3) is 0 Å². The molecule has 4 nitrogen and oxygen atoms in total. The van der Waals surface area contributed by atoms with E-state index in [1.807, 2.05) is 40.3 Å². The minimum atomic E-state index is 0.646. The Bertz CT molecular complexity index is 649. The summed E-state index contributed by atoms with van der Waals surface area (Å²) >= 11 is 0. The number of hydrogen-bond donors (Lipinski definition) is 0. The molecule has 0 amide bonds. The van der Waals surface area contributed by atoms with Crippen molar-refractivity contribution in [3.8, 4) is 11.5 Å². The van der Waals surface area contributed by atoms with Crippen LogP contribution >= 0.6 is 0 Å². The van der Waals surface area contributed by atoms with Gasteiger partial charge in [0.05, 0.1) is 0 Å². The van der Waals surface area contributed by atoms with Crippen LogP contribution < -0.4 is 4.74 Å². The fourth-order valence-electron chi connectivity index (χ4n) is 2.37. The Morgan fingerprint density at radius 2 is 1.57 bits per heavy atom. The van der Waals surface area contributed by atoms with Crippen molar-refractivity contribution in [3.05, 3.63) is 59.2 Å². The van der Waals surface area contributed by atoms with Gasteiger partial charge in [0, 0.05) is 24.2 Å². The highest BCUT2D eigenvalue weighted by atomic mass is 16.5. The number of rotatable bonds is 7. The summed E-state index contributed by atoms with van der Waals surface area (Å²) < 4.78 is 6.07. The molecule has 0 N–H and O–H groups in total. The van der Waals surface area contributed by atoms with Crippen molar-refractivity contribution < 1.29 is 9.53 Å². The summed E-state index contributed by atoms with van der Waals surface area (Å²) in [5, 5.41) is 0. The number of hydrogen-bond acceptors (Lipinski definition) is 4. The lowest BCUT2D eigenvalue weighted by Gasteiger charge is -2.17. The van der Waals surface area contributed by atoms with Gasteiger partial charge in [0.15, 0.2) is 0 Å². The van der Waals surface area contributed by atoms with Crippen molar-refractivity contribution in [2.45, 2.75) is 13.1 Å². The predicted octanol–water partition coefficient (Wildman–Crippen LogP) is 3.41. The van der Waals surface area contributed by atoms with Crippen molar-refractivity contribution in [2.24, 2.45) is 0 Å². The standard InChI is InChI=1S/C19H24N2O2/c1-20(2)12-16-5-8-17(13-21(3)4)19(11-16)23-18-9-6-15(14-22)7-10-18/h5-11,14H,12-13H2,1-4H3. The topological polar surface area (TPSA) is 32.8 Å². The normalized spacial score (nSPS) is 11.0. The molecule has 0 radical (unpaired) electrons. The van der Waals surface area contributed by atoms with E-state index < -0.39 is 0 Å². The average molecular weight is 312 g/mol. The molecule has 2 aromatic rings. The molecular formula is C19H24N2O2. The molecule has 0 atom stereocenters. The molecule has 0 aliphatic heterocycles. The van der Waals surface area contributed by atoms with E-state index in [2.05, 4.69) is 28.0 Å². The van der Waals surface area contributed by atoms with Crippen molar-refractivity contribution in [1.29, 1.82) is 0 Å². The van der Waals surface area contributed by atoms with Gasteiger partial charge in [-0.05, 0) is 64.1 Å². The molecule has 122 valence electrons. The first-order valence-electron chi connectivity index (χ1n) is 7.62. The number of nitrogens with zero attached hydrogens (tertiary/aromatic N) is 2. The molecule has 0 bridgehead atoms. The van der Waals surface area contributed by atoms with Gasteiger partial charge in [-0.2, -0.15) is 0 Å². The Morgan fingerprint density at radius 3 is 2.13 bits per heavy atom. The molecule has 4 heteroatoms. The minimum Gasteiger partial charge on any atom is -0.457 e. The summed E-state index contributed by atoms with van der Waals surface area (Å²) in [5.41, 5.74) is 2.99. The second-order valence-corrected chi connectivity index (χ2v) is 6.21. The smallest absolute Gasteiger partial charge is 0.150 e. The summed E-state index contributed by atoms with van der Waals surface area (Å²) in [7, 11) is 8.17. The maximum Gasteiger partial charge on any atom is 0.150 e. The van der Waals surface area contributed by atoms with Crippen molar-refractivity contribution >= 4 is 6.29 Å². The second-order valence-electron chi connectivity index (χ2n) is 6.21. The van der Waals surface area contributed by atoms with E-state index in [0.29, 0.717) is 5.56 Å². The lowest BCUT2D eigenvalue weighted by molar-refractivity contribution is 0.112. The van der Waals surface area contributed by atoms with Gasteiger partial charge in [-0.1, -0.05) is 12.1 Å². The van der Waals surface area contributed by atoms with E-state index in [9.17, 15) is 4.79 Å². The SMILES string of the molecule is CN(C)Cc1ccc(CN(C)C)c(Oc2ccc(C=O)cc2)c1. The molecule has 0 heterocycles. The summed E-state index contributed by atoms with van der Waals surface area (Å²) in [6.07, 6.45) is 0.832. The van der Waals surface area contributed by atoms with Crippen LogP contribution in [0.1, 0.15) is 21.5 Å². The van der Waals surface area contributed by atoms with E-state index in [-0.39, 0.29) is 0 Å². The molecular weight excluding hydrogens is 288 g/mol. The van der Waals surface area contributed by atoms with E-state index >= 15 is 0 Å². The number of carbonyl (C=O) groups is 1. The maximum absolute atomic E-state index is 10.7. The fraction of sp³-hybridized carbons (Fsp3) is 0.316. The Kier molecular flexibility index (Phi) is 5.90. The van der Waals surface area contributed by atoms with Gasteiger partial charge in [-0.3, -0.25) is 4.79 Å². The Balaban J connectivity index is 2.28. The number of benzene rings is 2. The molecule has 2 aromatic carbocycles. The van der Waals surface area contributed by atoms with Crippen molar-refractivity contribution in [2.75, 3.05) is 28.2 Å². The van der Waals surface area contributed by atoms with Crippen LogP contribution in [0.4, 0.5) is 0 Å². The van der Waals surface area contributed by atoms with E-state index in [0.717, 1.165) is 36.4 Å². The second kappa shape index (κ2) is 7.90. The molecule has 0 fully saturated rings. The molecule has 0 aliphatic rings. The quantitative estimate of drug-likeness (QED) is 0.734. The Hall–Kier alpha value is -2.17. The van der Waals surface area contributed by atoms with Gasteiger partial charge < -0.3 is 14.5 Å². The molecule has 0 spiro atoms. The Labute approximate surface area is 138 Å². The lowest BCUT2D eigenvalue weighted by Crippen LogP contribution is -2.13. The highest BCUT2D eigenvalue weighted by Crippen LogP contribution is 2.28. The maximum atomic E-state index is 10.7. The van der Waals surface area contributed by atoms with Gasteiger partial charge in [0.2, 0.25) is 0 Å². The van der Waals surface area contributed by atoms with E-state index in [1.54, 1.807) is 12.1 Å². The summed E-state index contributed by atoms with van der Waals surface area (Å²) in [6, 6.07) is 13.5. The predicted molar refractivity (Wildman–Crippen MR) is 93.1 cm³/mol. The molecule has 0 saturated heterocycles. The monoisotopic (exact) mass is 312 g/mol. The van der Waals surface area contributed by atoms with Crippen LogP contribution in [-0.4, -0.2) is 44.3 Å². The Morgan fingerprint density at radius 1 is 0.913 bits per heavy atom. The van der Waals surface area contributed by atoms with Crippen LogP contribution in [0, 0.1) is 0 Å². The first kappa shape index (κ1) is 17.2. The van der Waals surface area contributed by atoms with Gasteiger partial charge in [0.1, 0.15) is 17.8 Å². The molecule has 2 rings (SSSR count). The molecule has 0 unspecified atom stereocenters. The largest absolute Gasteiger partial charge is 0.457 e. The third-order valence-electron chi connectivity index (χ3n) is 3.36. The number of aldehydes is 1. The first-order valence-corrected chi connectivity index (χ1v) is 7.62. The molecule has 0 aliphatic carbocycles. The molecule has 0 saturated carbocycles. The van der Waals surface area contributed by atoms with Gasteiger partial charge in [-0.15, -0.1) is 0 Å². The average Bonchev–Trinajstić information content (AvgIpc) is 2.49. The van der Waals surface area contributed by atoms with Crippen LogP contribution in [0.5, 0.6) is 11.5 Å². The molecule has 23 heavy (non-hydrogen) atoms. The van der Waals surface area contributed by atoms with Crippen molar-refractivity contribution in [1.82, 2.24) is 9.80 Å². The number of carbonyl (C=O) groups excluding carboxylic acids is 1. The zero-order valence-electron chi connectivity index (χ0n) is 14.2. The van der Waals surface area contributed by atoms with Crippen molar-refractivity contribution in [3.63, 3.8) is 0 Å². The van der Waals surface area contributed by atoms with Gasteiger partial charge in [-0.25, -0.2) is 0 Å². The third-order valence-corrected chi connectivity index (χ3v) is 3.36. The summed E-state index contributed by atoms with van der Waals surface area (Å²) in [4.78, 5) is 15.0. The highest BCUT2D eigenvalue weighted by Gasteiger charge is 2.09. The summed E-state index contributed by atoms with van der Waals surface area (Å²) in [6.45, 7) is 1.67. The number of ether oxygens (including phenoxy) is 1. The summed E-state index contributed by atoms with van der Waals surface area (Å²) in [5.74, 6) is 1.59. The first-order chi connectivity index (χ1) is 11.0. The van der Waals surface area contributed by atoms with Crippen LogP contribution in [-0.2, 0) is 13.1 Å². The van der Waals surface area contributed by atoms with E-state index in [1.165, 1.54) is 5.56 Å². The van der Waals surface area contributed by atoms with Crippen LogP contribution in [0.25, 0.3) is 0 Å². The third kappa shape index (κ3) is 5.20.